The summed E-state index contributed by atoms with van der Waals surface area (Å²) < 4.78 is 10.4. The quantitative estimate of drug-likeness (QED) is 0.415. The minimum atomic E-state index is -0.356. The molecule has 0 unspecified atom stereocenters. The van der Waals surface area contributed by atoms with Crippen LogP contribution in [-0.4, -0.2) is 38.5 Å². The van der Waals surface area contributed by atoms with Crippen LogP contribution < -0.4 is 25.4 Å². The highest BCUT2D eigenvalue weighted by atomic mass is 16.5. The number of amides is 3. The lowest BCUT2D eigenvalue weighted by Crippen LogP contribution is -2.28. The van der Waals surface area contributed by atoms with Gasteiger partial charge in [-0.15, -0.1) is 0 Å². The summed E-state index contributed by atoms with van der Waals surface area (Å²) in [7, 11) is 3.00. The van der Waals surface area contributed by atoms with Gasteiger partial charge in [0.15, 0.2) is 0 Å². The van der Waals surface area contributed by atoms with Gasteiger partial charge in [-0.1, -0.05) is 42.0 Å². The Kier molecular flexibility index (Phi) is 8.83. The zero-order chi connectivity index (χ0) is 25.2. The zero-order valence-corrected chi connectivity index (χ0v) is 20.0. The first-order chi connectivity index (χ1) is 16.9. The smallest absolute Gasteiger partial charge is 0.253 e. The molecule has 3 amide bonds. The molecule has 0 aliphatic heterocycles. The number of rotatable bonds is 10. The minimum absolute atomic E-state index is 0.0339. The maximum Gasteiger partial charge on any atom is 0.253 e. The highest BCUT2D eigenvalue weighted by Crippen LogP contribution is 2.22. The number of carbonyl (C=O) groups is 3. The fourth-order valence-corrected chi connectivity index (χ4v) is 3.32. The Morgan fingerprint density at radius 2 is 1.46 bits per heavy atom. The van der Waals surface area contributed by atoms with E-state index in [4.69, 9.17) is 9.47 Å². The first kappa shape index (κ1) is 25.3. The predicted molar refractivity (Wildman–Crippen MR) is 134 cm³/mol. The molecule has 0 radical (unpaired) electrons. The van der Waals surface area contributed by atoms with Crippen LogP contribution in [-0.2, 0) is 11.3 Å². The van der Waals surface area contributed by atoms with Crippen molar-refractivity contribution in [1.82, 2.24) is 10.6 Å². The number of aryl methyl sites for hydroxylation is 1. The van der Waals surface area contributed by atoms with Crippen molar-refractivity contribution in [2.24, 2.45) is 0 Å². The fourth-order valence-electron chi connectivity index (χ4n) is 3.32. The van der Waals surface area contributed by atoms with Crippen LogP contribution in [0.4, 0.5) is 5.69 Å². The second-order valence-electron chi connectivity index (χ2n) is 7.87. The summed E-state index contributed by atoms with van der Waals surface area (Å²) in [5.74, 6) is 0.00829. The number of hydrogen-bond donors (Lipinski definition) is 3. The third kappa shape index (κ3) is 7.33. The third-order valence-corrected chi connectivity index (χ3v) is 5.27. The summed E-state index contributed by atoms with van der Waals surface area (Å²) in [5.41, 5.74) is 3.25. The summed E-state index contributed by atoms with van der Waals surface area (Å²) in [5, 5.41) is 8.34. The van der Waals surface area contributed by atoms with E-state index in [2.05, 4.69) is 16.0 Å². The molecule has 0 heterocycles. The Hall–Kier alpha value is -4.33. The molecular weight excluding hydrogens is 446 g/mol. The Bertz CT molecular complexity index is 1170. The van der Waals surface area contributed by atoms with E-state index >= 15 is 0 Å². The van der Waals surface area contributed by atoms with Gasteiger partial charge in [0.25, 0.3) is 11.8 Å². The van der Waals surface area contributed by atoms with Crippen molar-refractivity contribution in [3.63, 3.8) is 0 Å². The van der Waals surface area contributed by atoms with Crippen molar-refractivity contribution in [3.8, 4) is 11.5 Å². The lowest BCUT2D eigenvalue weighted by Gasteiger charge is -2.12. The van der Waals surface area contributed by atoms with E-state index in [9.17, 15) is 14.4 Å². The van der Waals surface area contributed by atoms with E-state index in [-0.39, 0.29) is 30.7 Å². The van der Waals surface area contributed by atoms with E-state index in [0.29, 0.717) is 34.9 Å². The molecule has 3 rings (SSSR count). The molecule has 8 nitrogen and oxygen atoms in total. The number of carbonyl (C=O) groups excluding carboxylic acids is 3. The van der Waals surface area contributed by atoms with Crippen molar-refractivity contribution >= 4 is 23.4 Å². The number of methoxy groups -OCH3 is 2. The number of hydrogen-bond acceptors (Lipinski definition) is 5. The fraction of sp³-hybridized carbons (Fsp3) is 0.222. The van der Waals surface area contributed by atoms with E-state index in [1.807, 2.05) is 31.2 Å². The summed E-state index contributed by atoms with van der Waals surface area (Å²) in [6, 6.07) is 19.5. The van der Waals surface area contributed by atoms with Gasteiger partial charge in [-0.3, -0.25) is 14.4 Å². The number of para-hydroxylation sites is 1. The van der Waals surface area contributed by atoms with Crippen molar-refractivity contribution in [3.05, 3.63) is 89.0 Å². The number of ether oxygens (including phenoxy) is 2. The van der Waals surface area contributed by atoms with Crippen molar-refractivity contribution in [1.29, 1.82) is 0 Å². The summed E-state index contributed by atoms with van der Waals surface area (Å²) in [4.78, 5) is 37.7. The molecule has 0 aromatic heterocycles. The predicted octanol–water partition coefficient (Wildman–Crippen LogP) is 3.70. The van der Waals surface area contributed by atoms with Crippen LogP contribution in [0.1, 0.15) is 38.3 Å². The maximum atomic E-state index is 12.7. The molecule has 0 atom stereocenters. The number of anilines is 1. The molecule has 3 aromatic rings. The molecular formula is C27H29N3O5. The second-order valence-corrected chi connectivity index (χ2v) is 7.87. The van der Waals surface area contributed by atoms with Crippen molar-refractivity contribution in [2.45, 2.75) is 19.9 Å². The van der Waals surface area contributed by atoms with Crippen LogP contribution in [0, 0.1) is 6.92 Å². The van der Waals surface area contributed by atoms with Crippen LogP contribution in [0.15, 0.2) is 66.7 Å². The molecule has 3 N–H and O–H groups in total. The van der Waals surface area contributed by atoms with E-state index in [1.54, 1.807) is 42.5 Å². The van der Waals surface area contributed by atoms with Gasteiger partial charge >= 0.3 is 0 Å². The van der Waals surface area contributed by atoms with Gasteiger partial charge in [0.05, 0.1) is 25.5 Å². The first-order valence-corrected chi connectivity index (χ1v) is 11.1. The Labute approximate surface area is 204 Å². The summed E-state index contributed by atoms with van der Waals surface area (Å²) in [6.07, 6.45) is 0.0339. The molecule has 8 heteroatoms. The van der Waals surface area contributed by atoms with Gasteiger partial charge in [0.2, 0.25) is 5.91 Å². The Morgan fingerprint density at radius 3 is 2.11 bits per heavy atom. The molecule has 0 saturated carbocycles. The van der Waals surface area contributed by atoms with Gasteiger partial charge in [-0.25, -0.2) is 0 Å². The molecule has 182 valence electrons. The van der Waals surface area contributed by atoms with E-state index < -0.39 is 0 Å². The normalized spacial score (nSPS) is 10.3. The highest BCUT2D eigenvalue weighted by Gasteiger charge is 2.14. The molecule has 0 aliphatic carbocycles. The number of benzene rings is 3. The van der Waals surface area contributed by atoms with E-state index in [0.717, 1.165) is 11.1 Å². The third-order valence-electron chi connectivity index (χ3n) is 5.27. The number of nitrogens with one attached hydrogen (secondary N) is 3. The van der Waals surface area contributed by atoms with Crippen molar-refractivity contribution < 1.29 is 23.9 Å². The molecule has 0 bridgehead atoms. The van der Waals surface area contributed by atoms with Crippen LogP contribution in [0.2, 0.25) is 0 Å². The standard InChI is InChI=1S/C27H29N3O5/c1-18-8-10-19(11-9-18)17-29-27(33)23-6-4-5-7-24(23)30-25(31)12-13-28-26(32)20-14-21(34-2)16-22(15-20)35-3/h4-11,14-16H,12-13,17H2,1-3H3,(H,28,32)(H,29,33)(H,30,31). The lowest BCUT2D eigenvalue weighted by molar-refractivity contribution is -0.116. The van der Waals surface area contributed by atoms with Gasteiger partial charge < -0.3 is 25.4 Å². The Balaban J connectivity index is 1.53. The monoisotopic (exact) mass is 475 g/mol. The second kappa shape index (κ2) is 12.2. The molecule has 35 heavy (non-hydrogen) atoms. The topological polar surface area (TPSA) is 106 Å². The maximum absolute atomic E-state index is 12.7. The van der Waals surface area contributed by atoms with Gasteiger partial charge in [-0.05, 0) is 36.8 Å². The minimum Gasteiger partial charge on any atom is -0.497 e. The summed E-state index contributed by atoms with van der Waals surface area (Å²) in [6.45, 7) is 2.50. The molecule has 0 aliphatic rings. The van der Waals surface area contributed by atoms with Gasteiger partial charge in [-0.2, -0.15) is 0 Å². The van der Waals surface area contributed by atoms with E-state index in [1.165, 1.54) is 14.2 Å². The van der Waals surface area contributed by atoms with Crippen LogP contribution in [0.3, 0.4) is 0 Å². The summed E-state index contributed by atoms with van der Waals surface area (Å²) >= 11 is 0. The van der Waals surface area contributed by atoms with Crippen molar-refractivity contribution in [2.75, 3.05) is 26.1 Å². The lowest BCUT2D eigenvalue weighted by atomic mass is 10.1. The molecule has 3 aromatic carbocycles. The average Bonchev–Trinajstić information content (AvgIpc) is 2.88. The zero-order valence-electron chi connectivity index (χ0n) is 20.0. The Morgan fingerprint density at radius 1 is 0.800 bits per heavy atom. The SMILES string of the molecule is COc1cc(OC)cc(C(=O)NCCC(=O)Nc2ccccc2C(=O)NCc2ccc(C)cc2)c1. The molecule has 0 fully saturated rings. The molecule has 0 saturated heterocycles. The average molecular weight is 476 g/mol. The first-order valence-electron chi connectivity index (χ1n) is 11.1. The van der Waals surface area contributed by atoms with Crippen LogP contribution >= 0.6 is 0 Å². The largest absolute Gasteiger partial charge is 0.497 e. The van der Waals surface area contributed by atoms with Gasteiger partial charge in [0, 0.05) is 31.1 Å². The van der Waals surface area contributed by atoms with Gasteiger partial charge in [0.1, 0.15) is 11.5 Å². The van der Waals surface area contributed by atoms with Crippen LogP contribution in [0.5, 0.6) is 11.5 Å². The van der Waals surface area contributed by atoms with Crippen LogP contribution in [0.25, 0.3) is 0 Å². The molecule has 0 spiro atoms. The highest BCUT2D eigenvalue weighted by molar-refractivity contribution is 6.04.